The molecule has 0 aliphatic heterocycles. The molecule has 0 aliphatic carbocycles. The molecule has 0 N–H and O–H groups in total. The monoisotopic (exact) mass is 614 g/mol. The van der Waals surface area contributed by atoms with Crippen LogP contribution in [0.5, 0.6) is 5.75 Å². The van der Waals surface area contributed by atoms with E-state index < -0.39 is 39.2 Å². The van der Waals surface area contributed by atoms with E-state index in [1.165, 1.54) is 24.1 Å². The van der Waals surface area contributed by atoms with Gasteiger partial charge in [-0.25, -0.2) is 23.0 Å². The Morgan fingerprint density at radius 2 is 1.68 bits per heavy atom. The molecule has 14 heteroatoms. The number of nitrogens with zero attached hydrogens (tertiary/aromatic N) is 2. The van der Waals surface area contributed by atoms with Crippen LogP contribution in [-0.2, 0) is 36.8 Å². The standard InChI is InChI=1S/C27H29F3N2O7S2/c1-16-13-19(11-12-20(16)38-15-22(33)37-5)32(25(34)39-26(2,3)4)14-21-24(41(6,35)36)31-23(40-21)17-7-9-18(10-8-17)27(28,29)30/h7-13H,14-15H2,1-6H3. The Kier molecular flexibility index (Phi) is 9.38. The topological polar surface area (TPSA) is 112 Å². The maximum absolute atomic E-state index is 13.3. The van der Waals surface area contributed by atoms with Crippen LogP contribution in [0.25, 0.3) is 10.6 Å². The third-order valence-corrected chi connectivity index (χ3v) is 7.69. The molecular formula is C27H29F3N2O7S2. The predicted octanol–water partition coefficient (Wildman–Crippen LogP) is 6.03. The molecule has 9 nitrogen and oxygen atoms in total. The first-order valence-corrected chi connectivity index (χ1v) is 14.8. The lowest BCUT2D eigenvalue weighted by Crippen LogP contribution is -2.36. The van der Waals surface area contributed by atoms with Crippen LogP contribution < -0.4 is 9.64 Å². The number of amides is 1. The first-order valence-electron chi connectivity index (χ1n) is 12.1. The van der Waals surface area contributed by atoms with E-state index in [2.05, 4.69) is 9.72 Å². The van der Waals surface area contributed by atoms with Crippen LogP contribution in [0.3, 0.4) is 0 Å². The van der Waals surface area contributed by atoms with Crippen LogP contribution >= 0.6 is 11.3 Å². The predicted molar refractivity (Wildman–Crippen MR) is 147 cm³/mol. The van der Waals surface area contributed by atoms with E-state index in [1.807, 2.05) is 0 Å². The van der Waals surface area contributed by atoms with Gasteiger partial charge >= 0.3 is 18.2 Å². The van der Waals surface area contributed by atoms with Gasteiger partial charge in [0.2, 0.25) is 0 Å². The van der Waals surface area contributed by atoms with Crippen molar-refractivity contribution in [2.24, 2.45) is 0 Å². The van der Waals surface area contributed by atoms with Crippen molar-refractivity contribution in [3.63, 3.8) is 0 Å². The summed E-state index contributed by atoms with van der Waals surface area (Å²) in [4.78, 5) is 30.4. The Morgan fingerprint density at radius 1 is 1.05 bits per heavy atom. The van der Waals surface area contributed by atoms with Crippen LogP contribution in [0.2, 0.25) is 0 Å². The molecule has 0 saturated heterocycles. The van der Waals surface area contributed by atoms with E-state index in [0.29, 0.717) is 17.0 Å². The summed E-state index contributed by atoms with van der Waals surface area (Å²) in [5.74, 6) is -0.214. The third-order valence-electron chi connectivity index (χ3n) is 5.43. The van der Waals surface area contributed by atoms with Gasteiger partial charge in [0, 0.05) is 17.5 Å². The average Bonchev–Trinajstić information content (AvgIpc) is 3.29. The first kappa shape index (κ1) is 31.9. The number of hydrogen-bond acceptors (Lipinski definition) is 9. The maximum atomic E-state index is 13.3. The number of carbonyl (C=O) groups excluding carboxylic acids is 2. The van der Waals surface area contributed by atoms with Gasteiger partial charge in [-0.05, 0) is 63.6 Å². The molecule has 0 atom stereocenters. The lowest BCUT2D eigenvalue weighted by atomic mass is 10.1. The molecule has 1 heterocycles. The smallest absolute Gasteiger partial charge is 0.416 e. The van der Waals surface area contributed by atoms with Gasteiger partial charge in [0.05, 0.1) is 24.1 Å². The number of sulfone groups is 1. The average molecular weight is 615 g/mol. The largest absolute Gasteiger partial charge is 0.482 e. The molecular weight excluding hydrogens is 585 g/mol. The van der Waals surface area contributed by atoms with Crippen molar-refractivity contribution in [2.75, 3.05) is 24.9 Å². The molecule has 0 saturated carbocycles. The fourth-order valence-corrected chi connectivity index (χ4v) is 5.86. The maximum Gasteiger partial charge on any atom is 0.416 e. The number of alkyl halides is 3. The molecule has 1 amide bonds. The van der Waals surface area contributed by atoms with Crippen molar-refractivity contribution >= 4 is 38.9 Å². The van der Waals surface area contributed by atoms with Gasteiger partial charge in [-0.2, -0.15) is 13.2 Å². The van der Waals surface area contributed by atoms with E-state index in [1.54, 1.807) is 45.9 Å². The second-order valence-corrected chi connectivity index (χ2v) is 13.0. The van der Waals surface area contributed by atoms with Crippen molar-refractivity contribution < 1.29 is 45.4 Å². The van der Waals surface area contributed by atoms with E-state index in [-0.39, 0.29) is 33.6 Å². The minimum atomic E-state index is -4.53. The number of ether oxygens (including phenoxy) is 3. The molecule has 222 valence electrons. The summed E-state index contributed by atoms with van der Waals surface area (Å²) in [5, 5.41) is -0.137. The van der Waals surface area contributed by atoms with Crippen LogP contribution in [0.1, 0.15) is 36.8 Å². The number of methoxy groups -OCH3 is 1. The van der Waals surface area contributed by atoms with Gasteiger partial charge in [0.25, 0.3) is 0 Å². The van der Waals surface area contributed by atoms with E-state index in [0.717, 1.165) is 29.7 Å². The van der Waals surface area contributed by atoms with Gasteiger partial charge in [-0.15, -0.1) is 11.3 Å². The van der Waals surface area contributed by atoms with Crippen molar-refractivity contribution in [1.82, 2.24) is 4.98 Å². The van der Waals surface area contributed by atoms with E-state index >= 15 is 0 Å². The Balaban J connectivity index is 2.04. The molecule has 3 rings (SSSR count). The zero-order chi connectivity index (χ0) is 30.8. The fourth-order valence-electron chi connectivity index (χ4n) is 3.53. The Hall–Kier alpha value is -3.65. The van der Waals surface area contributed by atoms with Crippen molar-refractivity contribution in [3.05, 3.63) is 58.5 Å². The number of esters is 1. The number of thiazole rings is 1. The molecule has 0 radical (unpaired) electrons. The summed E-state index contributed by atoms with van der Waals surface area (Å²) in [6.45, 7) is 6.14. The van der Waals surface area contributed by atoms with E-state index in [4.69, 9.17) is 9.47 Å². The first-order chi connectivity index (χ1) is 18.9. The van der Waals surface area contributed by atoms with Crippen molar-refractivity contribution in [1.29, 1.82) is 0 Å². The van der Waals surface area contributed by atoms with Gasteiger partial charge in [-0.1, -0.05) is 12.1 Å². The zero-order valence-corrected chi connectivity index (χ0v) is 24.8. The lowest BCUT2D eigenvalue weighted by Gasteiger charge is -2.27. The Bertz CT molecular complexity index is 1530. The highest BCUT2D eigenvalue weighted by molar-refractivity contribution is 7.90. The molecule has 0 fully saturated rings. The highest BCUT2D eigenvalue weighted by atomic mass is 32.2. The van der Waals surface area contributed by atoms with Crippen molar-refractivity contribution in [2.45, 2.75) is 51.0 Å². The number of halogens is 3. The summed E-state index contributed by atoms with van der Waals surface area (Å²) in [6, 6.07) is 8.88. The second-order valence-electron chi connectivity index (χ2n) is 9.98. The number of carbonyl (C=O) groups is 2. The highest BCUT2D eigenvalue weighted by Gasteiger charge is 2.31. The summed E-state index contributed by atoms with van der Waals surface area (Å²) in [6.07, 6.45) is -4.35. The number of aromatic nitrogens is 1. The van der Waals surface area contributed by atoms with Crippen LogP contribution in [0.15, 0.2) is 47.5 Å². The molecule has 0 unspecified atom stereocenters. The molecule has 0 spiro atoms. The lowest BCUT2D eigenvalue weighted by molar-refractivity contribution is -0.143. The number of benzene rings is 2. The highest BCUT2D eigenvalue weighted by Crippen LogP contribution is 2.36. The van der Waals surface area contributed by atoms with Crippen LogP contribution in [0.4, 0.5) is 23.7 Å². The zero-order valence-electron chi connectivity index (χ0n) is 23.2. The number of aryl methyl sites for hydroxylation is 1. The quantitative estimate of drug-likeness (QED) is 0.283. The minimum absolute atomic E-state index is 0.168. The van der Waals surface area contributed by atoms with Crippen LogP contribution in [-0.4, -0.2) is 51.0 Å². The molecule has 41 heavy (non-hydrogen) atoms. The Labute approximate surface area is 239 Å². The SMILES string of the molecule is COC(=O)COc1ccc(N(Cc2sc(-c3ccc(C(F)(F)F)cc3)nc2S(C)(=O)=O)C(=O)OC(C)(C)C)cc1C. The summed E-state index contributed by atoms with van der Waals surface area (Å²) in [7, 11) is -2.67. The molecule has 3 aromatic rings. The molecule has 0 aliphatic rings. The van der Waals surface area contributed by atoms with Gasteiger partial charge < -0.3 is 14.2 Å². The minimum Gasteiger partial charge on any atom is -0.482 e. The normalized spacial score (nSPS) is 12.1. The van der Waals surface area contributed by atoms with E-state index in [9.17, 15) is 31.2 Å². The molecule has 2 aromatic carbocycles. The Morgan fingerprint density at radius 3 is 2.20 bits per heavy atom. The summed E-state index contributed by atoms with van der Waals surface area (Å²) in [5.41, 5.74) is -0.547. The van der Waals surface area contributed by atoms with Gasteiger partial charge in [0.1, 0.15) is 16.4 Å². The molecule has 0 bridgehead atoms. The van der Waals surface area contributed by atoms with Gasteiger partial charge in [0.15, 0.2) is 21.5 Å². The second kappa shape index (κ2) is 12.1. The fraction of sp³-hybridized carbons (Fsp3) is 0.370. The molecule has 1 aromatic heterocycles. The number of hydrogen-bond donors (Lipinski definition) is 0. The third kappa shape index (κ3) is 8.43. The number of rotatable bonds is 8. The summed E-state index contributed by atoms with van der Waals surface area (Å²) < 4.78 is 80.0. The van der Waals surface area contributed by atoms with Gasteiger partial charge in [-0.3, -0.25) is 4.90 Å². The van der Waals surface area contributed by atoms with Crippen LogP contribution in [0, 0.1) is 6.92 Å². The van der Waals surface area contributed by atoms with Crippen molar-refractivity contribution in [3.8, 4) is 16.3 Å². The number of anilines is 1. The summed E-state index contributed by atoms with van der Waals surface area (Å²) >= 11 is 0.935.